The van der Waals surface area contributed by atoms with Crippen LogP contribution in [0.25, 0.3) is 0 Å². The molecule has 2 rings (SSSR count). The molecule has 0 aliphatic rings. The fraction of sp³-hybridized carbons (Fsp3) is 0.278. The summed E-state index contributed by atoms with van der Waals surface area (Å²) in [4.78, 5) is 11.8. The van der Waals surface area contributed by atoms with E-state index in [1.807, 2.05) is 6.92 Å². The van der Waals surface area contributed by atoms with E-state index in [1.54, 1.807) is 19.1 Å². The van der Waals surface area contributed by atoms with Crippen LogP contribution in [-0.2, 0) is 21.0 Å². The van der Waals surface area contributed by atoms with Crippen LogP contribution in [0.15, 0.2) is 52.3 Å². The van der Waals surface area contributed by atoms with Gasteiger partial charge in [0.1, 0.15) is 11.3 Å². The lowest BCUT2D eigenvalue weighted by atomic mass is 10.1. The third-order valence-electron chi connectivity index (χ3n) is 3.56. The van der Waals surface area contributed by atoms with Crippen molar-refractivity contribution in [1.29, 1.82) is 0 Å². The number of rotatable bonds is 6. The quantitative estimate of drug-likeness (QED) is 0.723. The summed E-state index contributed by atoms with van der Waals surface area (Å²) in [5, 5.41) is 9.78. The highest BCUT2D eigenvalue weighted by atomic mass is 35.5. The van der Waals surface area contributed by atoms with Gasteiger partial charge in [-0.05, 0) is 56.2 Å². The first kappa shape index (κ1) is 22.0. The minimum absolute atomic E-state index is 0. The van der Waals surface area contributed by atoms with Gasteiger partial charge in [-0.25, -0.2) is 13.2 Å². The van der Waals surface area contributed by atoms with E-state index in [1.165, 1.54) is 24.3 Å². The molecule has 6 nitrogen and oxygen atoms in total. The maximum atomic E-state index is 12.8. The van der Waals surface area contributed by atoms with E-state index in [0.717, 1.165) is 11.6 Å². The number of hydrogen-bond acceptors (Lipinski definition) is 6. The Hall–Kier alpha value is -2.09. The first-order valence-electron chi connectivity index (χ1n) is 7.85. The minimum atomic E-state index is -3.82. The van der Waals surface area contributed by atoms with Crippen molar-refractivity contribution in [3.8, 4) is 5.75 Å². The molecule has 142 valence electrons. The number of aromatic hydroxyl groups is 1. The van der Waals surface area contributed by atoms with Crippen molar-refractivity contribution in [2.45, 2.75) is 36.1 Å². The summed E-state index contributed by atoms with van der Waals surface area (Å²) in [6, 6.07) is 9.96. The number of ether oxygens (including phenoxy) is 1. The maximum Gasteiger partial charge on any atom is 0.341 e. The van der Waals surface area contributed by atoms with E-state index in [0.29, 0.717) is 6.42 Å². The van der Waals surface area contributed by atoms with Gasteiger partial charge in [0.05, 0.1) is 16.4 Å². The minimum Gasteiger partial charge on any atom is -0.507 e. The molecular formula is C18H22ClNO5S. The monoisotopic (exact) mass is 399 g/mol. The van der Waals surface area contributed by atoms with Crippen molar-refractivity contribution in [3.05, 3.63) is 53.6 Å². The van der Waals surface area contributed by atoms with Gasteiger partial charge in [0.25, 0.3) is 0 Å². The molecule has 0 radical (unpaired) electrons. The molecule has 0 heterocycles. The summed E-state index contributed by atoms with van der Waals surface area (Å²) in [6.45, 7) is 3.62. The van der Waals surface area contributed by atoms with Gasteiger partial charge in [-0.15, -0.1) is 12.4 Å². The number of carbonyl (C=O) groups excluding carboxylic acids is 1. The molecule has 2 aromatic rings. The highest BCUT2D eigenvalue weighted by Gasteiger charge is 2.22. The van der Waals surface area contributed by atoms with Crippen molar-refractivity contribution in [1.82, 2.24) is 0 Å². The predicted octanol–water partition coefficient (Wildman–Crippen LogP) is 2.71. The summed E-state index contributed by atoms with van der Waals surface area (Å²) < 4.78 is 30.3. The highest BCUT2D eigenvalue weighted by molar-refractivity contribution is 7.91. The van der Waals surface area contributed by atoms with E-state index in [2.05, 4.69) is 0 Å². The van der Waals surface area contributed by atoms with E-state index in [4.69, 9.17) is 10.5 Å². The van der Waals surface area contributed by atoms with E-state index >= 15 is 0 Å². The Kier molecular flexibility index (Phi) is 7.62. The zero-order valence-electron chi connectivity index (χ0n) is 14.5. The Morgan fingerprint density at radius 1 is 1.15 bits per heavy atom. The van der Waals surface area contributed by atoms with Crippen molar-refractivity contribution in [3.63, 3.8) is 0 Å². The normalized spacial score (nSPS) is 12.1. The van der Waals surface area contributed by atoms with Gasteiger partial charge in [-0.2, -0.15) is 0 Å². The number of carbonyl (C=O) groups is 1. The van der Waals surface area contributed by atoms with E-state index in [-0.39, 0.29) is 46.2 Å². The second kappa shape index (κ2) is 9.02. The molecule has 8 heteroatoms. The SMILES string of the molecule is CCOC(=O)c1cc(S(=O)(=O)c2ccc(C[C@@H](C)N)cc2)ccc1O.Cl. The summed E-state index contributed by atoms with van der Waals surface area (Å²) >= 11 is 0. The van der Waals surface area contributed by atoms with Crippen molar-refractivity contribution < 1.29 is 23.1 Å². The molecule has 0 saturated carbocycles. The molecule has 0 saturated heterocycles. The van der Waals surface area contributed by atoms with Gasteiger partial charge in [-0.3, -0.25) is 0 Å². The molecule has 0 unspecified atom stereocenters. The third-order valence-corrected chi connectivity index (χ3v) is 5.33. The third kappa shape index (κ3) is 4.97. The Morgan fingerprint density at radius 3 is 2.27 bits per heavy atom. The van der Waals surface area contributed by atoms with Gasteiger partial charge >= 0.3 is 5.97 Å². The average molecular weight is 400 g/mol. The zero-order chi connectivity index (χ0) is 18.6. The first-order valence-corrected chi connectivity index (χ1v) is 9.33. The summed E-state index contributed by atoms with van der Waals surface area (Å²) in [7, 11) is -3.82. The van der Waals surface area contributed by atoms with E-state index in [9.17, 15) is 18.3 Å². The molecule has 0 spiro atoms. The zero-order valence-corrected chi connectivity index (χ0v) is 16.1. The number of benzene rings is 2. The molecule has 3 N–H and O–H groups in total. The van der Waals surface area contributed by atoms with E-state index < -0.39 is 15.8 Å². The first-order chi connectivity index (χ1) is 11.8. The lowest BCUT2D eigenvalue weighted by molar-refractivity contribution is 0.0522. The van der Waals surface area contributed by atoms with Gasteiger partial charge in [-0.1, -0.05) is 12.1 Å². The second-order valence-electron chi connectivity index (χ2n) is 5.73. The molecule has 1 atom stereocenters. The largest absolute Gasteiger partial charge is 0.507 e. The molecule has 26 heavy (non-hydrogen) atoms. The lowest BCUT2D eigenvalue weighted by Gasteiger charge is -2.10. The van der Waals surface area contributed by atoms with Gasteiger partial charge < -0.3 is 15.6 Å². The van der Waals surface area contributed by atoms with Crippen LogP contribution in [0, 0.1) is 0 Å². The number of hydrogen-bond donors (Lipinski definition) is 2. The lowest BCUT2D eigenvalue weighted by Crippen LogP contribution is -2.17. The maximum absolute atomic E-state index is 12.8. The topological polar surface area (TPSA) is 107 Å². The Morgan fingerprint density at radius 2 is 1.73 bits per heavy atom. The number of esters is 1. The van der Waals surface area contributed by atoms with Crippen LogP contribution in [0.3, 0.4) is 0 Å². The van der Waals surface area contributed by atoms with Crippen LogP contribution in [0.1, 0.15) is 29.8 Å². The van der Waals surface area contributed by atoms with Gasteiger partial charge in [0, 0.05) is 6.04 Å². The number of sulfone groups is 1. The van der Waals surface area contributed by atoms with Crippen LogP contribution in [-0.4, -0.2) is 32.1 Å². The predicted molar refractivity (Wildman–Crippen MR) is 101 cm³/mol. The highest BCUT2D eigenvalue weighted by Crippen LogP contribution is 2.27. The smallest absolute Gasteiger partial charge is 0.341 e. The van der Waals surface area contributed by atoms with Crippen LogP contribution in [0.5, 0.6) is 5.75 Å². The van der Waals surface area contributed by atoms with Crippen molar-refractivity contribution in [2.75, 3.05) is 6.61 Å². The van der Waals surface area contributed by atoms with Crippen molar-refractivity contribution >= 4 is 28.2 Å². The molecule has 0 aliphatic carbocycles. The molecule has 0 aromatic heterocycles. The number of phenolic OH excluding ortho intramolecular Hbond substituents is 1. The van der Waals surface area contributed by atoms with Crippen LogP contribution in [0.4, 0.5) is 0 Å². The molecular weight excluding hydrogens is 378 g/mol. The van der Waals surface area contributed by atoms with Crippen LogP contribution in [0.2, 0.25) is 0 Å². The number of halogens is 1. The Bertz CT molecular complexity index is 864. The fourth-order valence-electron chi connectivity index (χ4n) is 2.37. The second-order valence-corrected chi connectivity index (χ2v) is 7.68. The molecule has 0 bridgehead atoms. The van der Waals surface area contributed by atoms with Crippen LogP contribution >= 0.6 is 12.4 Å². The molecule has 0 fully saturated rings. The number of phenols is 1. The summed E-state index contributed by atoms with van der Waals surface area (Å²) in [5.41, 5.74) is 6.49. The summed E-state index contributed by atoms with van der Waals surface area (Å²) in [5.74, 6) is -1.10. The Labute approximate surface area is 159 Å². The summed E-state index contributed by atoms with van der Waals surface area (Å²) in [6.07, 6.45) is 0.645. The molecule has 0 aliphatic heterocycles. The van der Waals surface area contributed by atoms with Gasteiger partial charge in [0.2, 0.25) is 9.84 Å². The van der Waals surface area contributed by atoms with Gasteiger partial charge in [0.15, 0.2) is 0 Å². The average Bonchev–Trinajstić information content (AvgIpc) is 2.55. The van der Waals surface area contributed by atoms with Crippen molar-refractivity contribution in [2.24, 2.45) is 5.73 Å². The number of nitrogens with two attached hydrogens (primary N) is 1. The Balaban J connectivity index is 0.00000338. The molecule has 0 amide bonds. The molecule has 2 aromatic carbocycles. The standard InChI is InChI=1S/C18H21NO5S.ClH/c1-3-24-18(21)16-11-15(8-9-17(16)20)25(22,23)14-6-4-13(5-7-14)10-12(2)19;/h4-9,11-12,20H,3,10,19H2,1-2H3;1H/t12-;/m1./s1. The fourth-order valence-corrected chi connectivity index (χ4v) is 3.65. The van der Waals surface area contributed by atoms with Crippen LogP contribution < -0.4 is 5.73 Å².